The number of aliphatic carboxylic acids is 1. The standard InChI is InChI=1S/C20H18N2O4S/c23-18(9-14-12-26-19(21-14)17-7-4-8-27-17)22-10-15(16(11-22)20(24)25)13-5-2-1-3-6-13/h1-8,12,15-16H,9-11H2,(H,24,25). The van der Waals surface area contributed by atoms with E-state index in [1.165, 1.54) is 17.6 Å². The fraction of sp³-hybridized carbons (Fsp3) is 0.250. The number of carboxylic acids is 1. The van der Waals surface area contributed by atoms with Crippen LogP contribution in [0.5, 0.6) is 0 Å². The molecular weight excluding hydrogens is 364 g/mol. The lowest BCUT2D eigenvalue weighted by atomic mass is 9.89. The van der Waals surface area contributed by atoms with Crippen LogP contribution in [0.15, 0.2) is 58.5 Å². The summed E-state index contributed by atoms with van der Waals surface area (Å²) in [6, 6.07) is 13.3. The van der Waals surface area contributed by atoms with Gasteiger partial charge in [0, 0.05) is 19.0 Å². The summed E-state index contributed by atoms with van der Waals surface area (Å²) in [5.74, 6) is -1.31. The Balaban J connectivity index is 1.47. The molecule has 1 saturated heterocycles. The Labute approximate surface area is 160 Å². The summed E-state index contributed by atoms with van der Waals surface area (Å²) in [5.41, 5.74) is 1.50. The number of carboxylic acid groups (broad SMARTS) is 1. The van der Waals surface area contributed by atoms with Gasteiger partial charge in [-0.25, -0.2) is 4.98 Å². The van der Waals surface area contributed by atoms with E-state index < -0.39 is 11.9 Å². The summed E-state index contributed by atoms with van der Waals surface area (Å²) in [5, 5.41) is 11.5. The second kappa shape index (κ2) is 7.36. The van der Waals surface area contributed by atoms with E-state index >= 15 is 0 Å². The van der Waals surface area contributed by atoms with Gasteiger partial charge in [-0.1, -0.05) is 36.4 Å². The Morgan fingerprint density at radius 1 is 1.19 bits per heavy atom. The molecule has 0 spiro atoms. The van der Waals surface area contributed by atoms with Crippen molar-refractivity contribution in [2.24, 2.45) is 5.92 Å². The van der Waals surface area contributed by atoms with Crippen LogP contribution < -0.4 is 0 Å². The first-order valence-electron chi connectivity index (χ1n) is 8.65. The number of likely N-dealkylation sites (tertiary alicyclic amines) is 1. The SMILES string of the molecule is O=C(O)C1CN(C(=O)Cc2coc(-c3cccs3)n2)CC1c1ccccc1. The van der Waals surface area contributed by atoms with Crippen LogP contribution in [0, 0.1) is 5.92 Å². The molecular formula is C20H18N2O4S. The number of oxazole rings is 1. The van der Waals surface area contributed by atoms with Gasteiger partial charge in [-0.05, 0) is 17.0 Å². The second-order valence-corrected chi connectivity index (χ2v) is 7.51. The van der Waals surface area contributed by atoms with Crippen molar-refractivity contribution in [2.75, 3.05) is 13.1 Å². The minimum Gasteiger partial charge on any atom is -0.481 e. The van der Waals surface area contributed by atoms with Crippen molar-refractivity contribution in [1.29, 1.82) is 0 Å². The van der Waals surface area contributed by atoms with Gasteiger partial charge in [0.25, 0.3) is 0 Å². The summed E-state index contributed by atoms with van der Waals surface area (Å²) in [4.78, 5) is 31.3. The van der Waals surface area contributed by atoms with Crippen LogP contribution in [0.4, 0.5) is 0 Å². The normalized spacial score (nSPS) is 19.3. The van der Waals surface area contributed by atoms with Gasteiger partial charge in [0.2, 0.25) is 11.8 Å². The van der Waals surface area contributed by atoms with Gasteiger partial charge < -0.3 is 14.4 Å². The van der Waals surface area contributed by atoms with E-state index in [0.29, 0.717) is 18.1 Å². The van der Waals surface area contributed by atoms with Crippen molar-refractivity contribution in [3.05, 3.63) is 65.4 Å². The Hall–Kier alpha value is -2.93. The highest BCUT2D eigenvalue weighted by molar-refractivity contribution is 7.13. The van der Waals surface area contributed by atoms with Gasteiger partial charge in [-0.3, -0.25) is 9.59 Å². The van der Waals surface area contributed by atoms with Crippen LogP contribution in [-0.2, 0) is 16.0 Å². The average molecular weight is 382 g/mol. The summed E-state index contributed by atoms with van der Waals surface area (Å²) in [6.07, 6.45) is 1.59. The molecule has 0 radical (unpaired) electrons. The van der Waals surface area contributed by atoms with Gasteiger partial charge in [-0.15, -0.1) is 11.3 Å². The third-order valence-electron chi connectivity index (χ3n) is 4.83. The molecule has 4 rings (SSSR count). The third kappa shape index (κ3) is 3.64. The summed E-state index contributed by atoms with van der Waals surface area (Å²) in [7, 11) is 0. The van der Waals surface area contributed by atoms with E-state index in [4.69, 9.17) is 4.42 Å². The maximum Gasteiger partial charge on any atom is 0.308 e. The number of benzene rings is 1. The second-order valence-electron chi connectivity index (χ2n) is 6.56. The number of thiophene rings is 1. The van der Waals surface area contributed by atoms with Crippen molar-refractivity contribution >= 4 is 23.2 Å². The first-order chi connectivity index (χ1) is 13.1. The fourth-order valence-corrected chi connectivity index (χ4v) is 4.12. The zero-order valence-corrected chi connectivity index (χ0v) is 15.3. The topological polar surface area (TPSA) is 83.6 Å². The molecule has 1 fully saturated rings. The smallest absolute Gasteiger partial charge is 0.308 e. The number of hydrogen-bond donors (Lipinski definition) is 1. The molecule has 1 amide bonds. The predicted molar refractivity (Wildman–Crippen MR) is 100 cm³/mol. The molecule has 1 aliphatic rings. The maximum atomic E-state index is 12.7. The largest absolute Gasteiger partial charge is 0.481 e. The van der Waals surface area contributed by atoms with E-state index in [0.717, 1.165) is 10.4 Å². The van der Waals surface area contributed by atoms with E-state index in [9.17, 15) is 14.7 Å². The zero-order chi connectivity index (χ0) is 18.8. The van der Waals surface area contributed by atoms with Gasteiger partial charge in [0.05, 0.1) is 22.9 Å². The number of rotatable bonds is 5. The lowest BCUT2D eigenvalue weighted by molar-refractivity contribution is -0.141. The Bertz CT molecular complexity index is 936. The Morgan fingerprint density at radius 3 is 2.70 bits per heavy atom. The molecule has 1 aliphatic heterocycles. The summed E-state index contributed by atoms with van der Waals surface area (Å²) in [6.45, 7) is 0.610. The maximum absolute atomic E-state index is 12.7. The van der Waals surface area contributed by atoms with Gasteiger partial charge >= 0.3 is 5.97 Å². The van der Waals surface area contributed by atoms with Gasteiger partial charge in [-0.2, -0.15) is 0 Å². The molecule has 1 aromatic carbocycles. The van der Waals surface area contributed by atoms with Crippen molar-refractivity contribution < 1.29 is 19.1 Å². The number of hydrogen-bond acceptors (Lipinski definition) is 5. The van der Waals surface area contributed by atoms with E-state index in [1.807, 2.05) is 47.8 Å². The van der Waals surface area contributed by atoms with E-state index in [1.54, 1.807) is 4.90 Å². The first kappa shape index (κ1) is 17.5. The van der Waals surface area contributed by atoms with Crippen LogP contribution in [-0.4, -0.2) is 40.0 Å². The molecule has 3 heterocycles. The highest BCUT2D eigenvalue weighted by atomic mass is 32.1. The monoisotopic (exact) mass is 382 g/mol. The van der Waals surface area contributed by atoms with Crippen molar-refractivity contribution in [3.8, 4) is 10.8 Å². The minimum atomic E-state index is -0.874. The molecule has 0 saturated carbocycles. The number of amides is 1. The molecule has 1 N–H and O–H groups in total. The van der Waals surface area contributed by atoms with Crippen LogP contribution in [0.2, 0.25) is 0 Å². The Kier molecular flexibility index (Phi) is 4.77. The van der Waals surface area contributed by atoms with E-state index in [2.05, 4.69) is 4.98 Å². The quantitative estimate of drug-likeness (QED) is 0.732. The van der Waals surface area contributed by atoms with Crippen molar-refractivity contribution in [3.63, 3.8) is 0 Å². The zero-order valence-electron chi connectivity index (χ0n) is 14.4. The average Bonchev–Trinajstić information content (AvgIpc) is 3.42. The van der Waals surface area contributed by atoms with Crippen LogP contribution in [0.3, 0.4) is 0 Å². The molecule has 0 bridgehead atoms. The molecule has 2 unspecified atom stereocenters. The summed E-state index contributed by atoms with van der Waals surface area (Å²) >= 11 is 1.52. The van der Waals surface area contributed by atoms with Crippen molar-refractivity contribution in [1.82, 2.24) is 9.88 Å². The number of nitrogens with zero attached hydrogens (tertiary/aromatic N) is 2. The van der Waals surface area contributed by atoms with Gasteiger partial charge in [0.1, 0.15) is 6.26 Å². The lowest BCUT2D eigenvalue weighted by Gasteiger charge is -2.16. The number of aromatic nitrogens is 1. The fourth-order valence-electron chi connectivity index (χ4n) is 3.46. The molecule has 27 heavy (non-hydrogen) atoms. The number of carbonyl (C=O) groups is 2. The summed E-state index contributed by atoms with van der Waals surface area (Å²) < 4.78 is 5.46. The molecule has 6 nitrogen and oxygen atoms in total. The molecule has 138 valence electrons. The first-order valence-corrected chi connectivity index (χ1v) is 9.53. The van der Waals surface area contributed by atoms with Crippen LogP contribution in [0.1, 0.15) is 17.2 Å². The number of carbonyl (C=O) groups excluding carboxylic acids is 1. The molecule has 3 aromatic rings. The van der Waals surface area contributed by atoms with Gasteiger partial charge in [0.15, 0.2) is 0 Å². The molecule has 7 heteroatoms. The van der Waals surface area contributed by atoms with E-state index in [-0.39, 0.29) is 24.8 Å². The third-order valence-corrected chi connectivity index (χ3v) is 5.69. The van der Waals surface area contributed by atoms with Crippen LogP contribution >= 0.6 is 11.3 Å². The lowest BCUT2D eigenvalue weighted by Crippen LogP contribution is -2.31. The molecule has 2 aromatic heterocycles. The molecule has 0 aliphatic carbocycles. The van der Waals surface area contributed by atoms with Crippen LogP contribution in [0.25, 0.3) is 10.8 Å². The molecule has 2 atom stereocenters. The minimum absolute atomic E-state index is 0.0999. The highest BCUT2D eigenvalue weighted by Gasteiger charge is 2.40. The highest BCUT2D eigenvalue weighted by Crippen LogP contribution is 2.33. The predicted octanol–water partition coefficient (Wildman–Crippen LogP) is 3.27. The Morgan fingerprint density at radius 2 is 2.00 bits per heavy atom. The van der Waals surface area contributed by atoms with Crippen molar-refractivity contribution in [2.45, 2.75) is 12.3 Å².